The number of benzene rings is 2. The summed E-state index contributed by atoms with van der Waals surface area (Å²) in [5.74, 6) is 0.778. The number of nitrogens with one attached hydrogen (secondary N) is 1. The Hall–Kier alpha value is -1.40. The zero-order valence-corrected chi connectivity index (χ0v) is 17.8. The van der Waals surface area contributed by atoms with Crippen LogP contribution in [0, 0.1) is 0 Å². The second-order valence-electron chi connectivity index (χ2n) is 6.37. The van der Waals surface area contributed by atoms with Crippen LogP contribution in [0.4, 0.5) is 11.4 Å². The minimum Gasteiger partial charge on any atom is -0.367 e. The lowest BCUT2D eigenvalue weighted by Gasteiger charge is -2.19. The van der Waals surface area contributed by atoms with E-state index in [-0.39, 0.29) is 30.7 Å². The molecule has 1 amide bonds. The second-order valence-corrected chi connectivity index (χ2v) is 7.36. The molecular weight excluding hydrogens is 401 g/mol. The molecule has 1 aliphatic rings. The van der Waals surface area contributed by atoms with Crippen LogP contribution in [0.5, 0.6) is 0 Å². The molecular formula is C20H27Cl2N3OS. The predicted octanol–water partition coefficient (Wildman–Crippen LogP) is 4.11. The van der Waals surface area contributed by atoms with Crippen molar-refractivity contribution < 1.29 is 4.79 Å². The van der Waals surface area contributed by atoms with Gasteiger partial charge in [-0.3, -0.25) is 4.79 Å². The first-order chi connectivity index (χ1) is 12.2. The van der Waals surface area contributed by atoms with E-state index in [0.717, 1.165) is 31.0 Å². The molecule has 0 saturated carbocycles. The molecule has 2 aromatic rings. The number of fused-ring (bicyclic) bond motifs is 1. The van der Waals surface area contributed by atoms with E-state index in [1.807, 2.05) is 18.4 Å². The molecule has 27 heavy (non-hydrogen) atoms. The number of hydrogen-bond donors (Lipinski definition) is 2. The number of halogens is 2. The monoisotopic (exact) mass is 427 g/mol. The normalized spacial score (nSPS) is 13.2. The quantitative estimate of drug-likeness (QED) is 0.697. The number of carbonyl (C=O) groups excluding carboxylic acids is 1. The van der Waals surface area contributed by atoms with E-state index in [0.29, 0.717) is 6.42 Å². The Labute approximate surface area is 178 Å². The van der Waals surface area contributed by atoms with Crippen molar-refractivity contribution in [3.8, 4) is 0 Å². The van der Waals surface area contributed by atoms with Crippen LogP contribution in [0.3, 0.4) is 0 Å². The van der Waals surface area contributed by atoms with Crippen LogP contribution >= 0.6 is 36.6 Å². The van der Waals surface area contributed by atoms with Crippen LogP contribution in [0.15, 0.2) is 48.5 Å². The molecule has 0 fully saturated rings. The number of nitrogens with zero attached hydrogens (tertiary/aromatic N) is 1. The molecule has 4 nitrogen and oxygen atoms in total. The van der Waals surface area contributed by atoms with Gasteiger partial charge in [0.2, 0.25) is 5.91 Å². The van der Waals surface area contributed by atoms with Gasteiger partial charge < -0.3 is 16.0 Å². The first-order valence-electron chi connectivity index (χ1n) is 8.64. The van der Waals surface area contributed by atoms with Crippen LogP contribution in [-0.2, 0) is 17.8 Å². The fourth-order valence-corrected chi connectivity index (χ4v) is 3.59. The van der Waals surface area contributed by atoms with Gasteiger partial charge in [0.1, 0.15) is 0 Å². The fraction of sp³-hybridized carbons (Fsp3) is 0.350. The topological polar surface area (TPSA) is 58.4 Å². The van der Waals surface area contributed by atoms with Crippen LogP contribution in [0.25, 0.3) is 0 Å². The van der Waals surface area contributed by atoms with Gasteiger partial charge >= 0.3 is 0 Å². The van der Waals surface area contributed by atoms with Gasteiger partial charge in [0.15, 0.2) is 0 Å². The van der Waals surface area contributed by atoms with Crippen LogP contribution in [0.2, 0.25) is 0 Å². The summed E-state index contributed by atoms with van der Waals surface area (Å²) in [4.78, 5) is 14.5. The maximum absolute atomic E-state index is 12.1. The highest BCUT2D eigenvalue weighted by Crippen LogP contribution is 2.28. The van der Waals surface area contributed by atoms with Gasteiger partial charge in [-0.1, -0.05) is 30.3 Å². The highest BCUT2D eigenvalue weighted by Gasteiger charge is 2.18. The molecule has 1 aliphatic heterocycles. The minimum absolute atomic E-state index is 0. The van der Waals surface area contributed by atoms with E-state index in [9.17, 15) is 4.79 Å². The lowest BCUT2D eigenvalue weighted by molar-refractivity contribution is -0.117. The molecule has 1 heterocycles. The van der Waals surface area contributed by atoms with Crippen molar-refractivity contribution >= 4 is 53.9 Å². The number of hydrogen-bond acceptors (Lipinski definition) is 4. The predicted molar refractivity (Wildman–Crippen MR) is 122 cm³/mol. The summed E-state index contributed by atoms with van der Waals surface area (Å²) in [7, 11) is 0. The average molecular weight is 428 g/mol. The number of nitrogens with two attached hydrogens (primary N) is 1. The molecule has 3 rings (SSSR count). The Morgan fingerprint density at radius 3 is 2.59 bits per heavy atom. The van der Waals surface area contributed by atoms with Crippen molar-refractivity contribution in [2.45, 2.75) is 25.4 Å². The molecule has 0 bridgehead atoms. The van der Waals surface area contributed by atoms with E-state index in [4.69, 9.17) is 5.73 Å². The Balaban J connectivity index is 0.00000182. The van der Waals surface area contributed by atoms with Crippen LogP contribution in [-0.4, -0.2) is 30.5 Å². The lowest BCUT2D eigenvalue weighted by atomic mass is 10.1. The smallest absolute Gasteiger partial charge is 0.241 e. The standard InChI is InChI=1S/C20H25N3OS.2ClH/c1-25-13-11-18(21)20(24)22-17-8-6-15(7-9-17)14-23-12-10-16-4-2-3-5-19(16)23;;/h2-9,18H,10-14,21H2,1H3,(H,22,24);2*1H/t18-;;/m0../s1. The van der Waals surface area contributed by atoms with Gasteiger partial charge in [-0.25, -0.2) is 0 Å². The van der Waals surface area contributed by atoms with Crippen molar-refractivity contribution in [1.82, 2.24) is 0 Å². The van der Waals surface area contributed by atoms with Crippen LogP contribution in [0.1, 0.15) is 17.5 Å². The van der Waals surface area contributed by atoms with Gasteiger partial charge in [-0.2, -0.15) is 11.8 Å². The molecule has 1 atom stereocenters. The Morgan fingerprint density at radius 1 is 1.19 bits per heavy atom. The van der Waals surface area contributed by atoms with Gasteiger partial charge in [0.05, 0.1) is 6.04 Å². The van der Waals surface area contributed by atoms with Crippen molar-refractivity contribution in [2.75, 3.05) is 28.8 Å². The highest BCUT2D eigenvalue weighted by atomic mass is 35.5. The van der Waals surface area contributed by atoms with E-state index >= 15 is 0 Å². The summed E-state index contributed by atoms with van der Waals surface area (Å²) in [6.45, 7) is 1.95. The first kappa shape index (κ1) is 23.6. The third kappa shape index (κ3) is 6.32. The lowest BCUT2D eigenvalue weighted by Crippen LogP contribution is -2.36. The maximum Gasteiger partial charge on any atom is 0.241 e. The number of carbonyl (C=O) groups is 1. The molecule has 0 saturated heterocycles. The molecule has 0 radical (unpaired) electrons. The van der Waals surface area contributed by atoms with E-state index in [1.54, 1.807) is 11.8 Å². The molecule has 0 aliphatic carbocycles. The molecule has 3 N–H and O–H groups in total. The van der Waals surface area contributed by atoms with Crippen LogP contribution < -0.4 is 16.0 Å². The Morgan fingerprint density at radius 2 is 1.89 bits per heavy atom. The number of para-hydroxylation sites is 1. The Bertz CT molecular complexity index is 727. The molecule has 0 spiro atoms. The summed E-state index contributed by atoms with van der Waals surface area (Å²) in [5, 5.41) is 2.90. The number of anilines is 2. The Kier molecular flexibility index (Phi) is 10.0. The number of amides is 1. The maximum atomic E-state index is 12.1. The van der Waals surface area contributed by atoms with E-state index in [1.165, 1.54) is 16.8 Å². The van der Waals surface area contributed by atoms with Crippen molar-refractivity contribution in [1.29, 1.82) is 0 Å². The fourth-order valence-electron chi connectivity index (χ4n) is 3.10. The van der Waals surface area contributed by atoms with Gasteiger partial charge in [-0.05, 0) is 54.2 Å². The third-order valence-corrected chi connectivity index (χ3v) is 5.19. The third-order valence-electron chi connectivity index (χ3n) is 4.55. The second kappa shape index (κ2) is 11.4. The SMILES string of the molecule is CSCC[C@H](N)C(=O)Nc1ccc(CN2CCc3ccccc32)cc1.Cl.Cl. The zero-order chi connectivity index (χ0) is 17.6. The summed E-state index contributed by atoms with van der Waals surface area (Å²) in [6.07, 6.45) is 3.82. The van der Waals surface area contributed by atoms with Crippen molar-refractivity contribution in [3.63, 3.8) is 0 Å². The first-order valence-corrected chi connectivity index (χ1v) is 10.0. The number of thioether (sulfide) groups is 1. The minimum atomic E-state index is -0.451. The molecule has 0 unspecified atom stereocenters. The number of rotatable bonds is 7. The van der Waals surface area contributed by atoms with Gasteiger partial charge in [-0.15, -0.1) is 24.8 Å². The largest absolute Gasteiger partial charge is 0.367 e. The van der Waals surface area contributed by atoms with Gasteiger partial charge in [0.25, 0.3) is 0 Å². The summed E-state index contributed by atoms with van der Waals surface area (Å²) in [5.41, 5.74) is 10.7. The van der Waals surface area contributed by atoms with E-state index in [2.05, 4.69) is 46.6 Å². The summed E-state index contributed by atoms with van der Waals surface area (Å²) < 4.78 is 0. The highest BCUT2D eigenvalue weighted by molar-refractivity contribution is 7.98. The summed E-state index contributed by atoms with van der Waals surface area (Å²) >= 11 is 1.70. The van der Waals surface area contributed by atoms with Crippen molar-refractivity contribution in [3.05, 3.63) is 59.7 Å². The average Bonchev–Trinajstić information content (AvgIpc) is 3.04. The zero-order valence-electron chi connectivity index (χ0n) is 15.4. The molecule has 2 aromatic carbocycles. The van der Waals surface area contributed by atoms with Gasteiger partial charge in [0, 0.05) is 24.5 Å². The van der Waals surface area contributed by atoms with E-state index < -0.39 is 6.04 Å². The molecule has 148 valence electrons. The molecule has 0 aromatic heterocycles. The van der Waals surface area contributed by atoms with Crippen molar-refractivity contribution in [2.24, 2.45) is 5.73 Å². The summed E-state index contributed by atoms with van der Waals surface area (Å²) in [6, 6.07) is 16.2. The molecule has 7 heteroatoms.